The van der Waals surface area contributed by atoms with Gasteiger partial charge >= 0.3 is 0 Å². The van der Waals surface area contributed by atoms with E-state index in [1.165, 1.54) is 0 Å². The second-order valence-electron chi connectivity index (χ2n) is 4.63. The fraction of sp³-hybridized carbons (Fsp3) is 1.00. The number of hydrogen-bond acceptors (Lipinski definition) is 3. The van der Waals surface area contributed by atoms with Gasteiger partial charge in [0.25, 0.3) is 10.2 Å². The molecule has 6 heteroatoms. The average Bonchev–Trinajstić information content (AvgIpc) is 2.92. The molecule has 2 rings (SSSR count). The predicted molar refractivity (Wildman–Crippen MR) is 58.7 cm³/mol. The van der Waals surface area contributed by atoms with E-state index in [1.807, 2.05) is 13.8 Å². The highest BCUT2D eigenvalue weighted by Crippen LogP contribution is 2.21. The number of rotatable bonds is 3. The van der Waals surface area contributed by atoms with E-state index >= 15 is 0 Å². The van der Waals surface area contributed by atoms with Crippen LogP contribution in [0.3, 0.4) is 0 Å². The minimum atomic E-state index is -3.26. The van der Waals surface area contributed by atoms with Gasteiger partial charge in [0.1, 0.15) is 0 Å². The molecule has 1 saturated carbocycles. The van der Waals surface area contributed by atoms with E-state index in [1.54, 1.807) is 4.31 Å². The predicted octanol–water partition coefficient (Wildman–Crippen LogP) is -0.335. The first-order valence-corrected chi connectivity index (χ1v) is 6.95. The molecule has 2 unspecified atom stereocenters. The number of nitrogens with one attached hydrogen (secondary N) is 2. The standard InChI is InChI=1S/C9H19N3O2S/c1-7-6-12(8(2)5-10-7)15(13,14)11-9-3-4-9/h7-11H,3-6H2,1-2H3. The van der Waals surface area contributed by atoms with Crippen LogP contribution in [-0.2, 0) is 10.2 Å². The molecule has 2 fully saturated rings. The van der Waals surface area contributed by atoms with Crippen molar-refractivity contribution >= 4 is 10.2 Å². The summed E-state index contributed by atoms with van der Waals surface area (Å²) in [7, 11) is -3.26. The van der Waals surface area contributed by atoms with Crippen molar-refractivity contribution in [1.29, 1.82) is 0 Å². The zero-order valence-electron chi connectivity index (χ0n) is 9.23. The van der Waals surface area contributed by atoms with Crippen molar-refractivity contribution in [2.45, 2.75) is 44.8 Å². The molecule has 0 aromatic rings. The molecule has 15 heavy (non-hydrogen) atoms. The smallest absolute Gasteiger partial charge is 0.280 e. The van der Waals surface area contributed by atoms with E-state index < -0.39 is 10.2 Å². The van der Waals surface area contributed by atoms with Gasteiger partial charge in [-0.1, -0.05) is 0 Å². The van der Waals surface area contributed by atoms with Gasteiger partial charge in [0, 0.05) is 31.2 Å². The van der Waals surface area contributed by atoms with Crippen LogP contribution in [0.1, 0.15) is 26.7 Å². The van der Waals surface area contributed by atoms with Gasteiger partial charge in [0.05, 0.1) is 0 Å². The quantitative estimate of drug-likeness (QED) is 0.701. The van der Waals surface area contributed by atoms with E-state index in [2.05, 4.69) is 10.0 Å². The van der Waals surface area contributed by atoms with Gasteiger partial charge in [0.15, 0.2) is 0 Å². The Labute approximate surface area is 91.4 Å². The van der Waals surface area contributed by atoms with Crippen molar-refractivity contribution in [1.82, 2.24) is 14.3 Å². The SMILES string of the molecule is CC1CN(S(=O)(=O)NC2CC2)C(C)CN1. The monoisotopic (exact) mass is 233 g/mol. The molecule has 0 aromatic carbocycles. The molecule has 1 aliphatic heterocycles. The lowest BCUT2D eigenvalue weighted by molar-refractivity contribution is 0.242. The first kappa shape index (κ1) is 11.3. The summed E-state index contributed by atoms with van der Waals surface area (Å²) in [6, 6.07) is 0.460. The second-order valence-corrected chi connectivity index (χ2v) is 6.28. The van der Waals surface area contributed by atoms with Gasteiger partial charge in [-0.05, 0) is 26.7 Å². The minimum absolute atomic E-state index is 0.0393. The Morgan fingerprint density at radius 1 is 1.33 bits per heavy atom. The topological polar surface area (TPSA) is 61.4 Å². The van der Waals surface area contributed by atoms with Crippen LogP contribution in [0.25, 0.3) is 0 Å². The summed E-state index contributed by atoms with van der Waals surface area (Å²) in [5.41, 5.74) is 0. The molecule has 1 aliphatic carbocycles. The number of hydrogen-bond donors (Lipinski definition) is 2. The average molecular weight is 233 g/mol. The molecule has 0 aromatic heterocycles. The van der Waals surface area contributed by atoms with Crippen molar-refractivity contribution in [3.8, 4) is 0 Å². The highest BCUT2D eigenvalue weighted by Gasteiger charge is 2.35. The van der Waals surface area contributed by atoms with Crippen LogP contribution in [-0.4, -0.2) is 43.9 Å². The Kier molecular flexibility index (Phi) is 3.03. The normalized spacial score (nSPS) is 34.3. The second kappa shape index (κ2) is 4.01. The lowest BCUT2D eigenvalue weighted by Crippen LogP contribution is -2.58. The van der Waals surface area contributed by atoms with Crippen LogP contribution in [0.15, 0.2) is 0 Å². The van der Waals surface area contributed by atoms with Crippen LogP contribution in [0.4, 0.5) is 0 Å². The van der Waals surface area contributed by atoms with Crippen LogP contribution < -0.4 is 10.0 Å². The molecule has 2 N–H and O–H groups in total. The Morgan fingerprint density at radius 3 is 2.60 bits per heavy atom. The molecule has 0 radical (unpaired) electrons. The summed E-state index contributed by atoms with van der Waals surface area (Å²) in [5.74, 6) is 0. The van der Waals surface area contributed by atoms with Crippen LogP contribution in [0.2, 0.25) is 0 Å². The van der Waals surface area contributed by atoms with Gasteiger partial charge in [0.2, 0.25) is 0 Å². The van der Waals surface area contributed by atoms with Crippen molar-refractivity contribution in [3.05, 3.63) is 0 Å². The van der Waals surface area contributed by atoms with Gasteiger partial charge in [-0.15, -0.1) is 0 Å². The maximum Gasteiger partial charge on any atom is 0.280 e. The lowest BCUT2D eigenvalue weighted by Gasteiger charge is -2.36. The first-order chi connectivity index (χ1) is 6.99. The van der Waals surface area contributed by atoms with E-state index in [4.69, 9.17) is 0 Å². The third-order valence-electron chi connectivity index (χ3n) is 2.91. The van der Waals surface area contributed by atoms with Crippen LogP contribution in [0.5, 0.6) is 0 Å². The fourth-order valence-electron chi connectivity index (χ4n) is 1.80. The van der Waals surface area contributed by atoms with E-state index in [0.717, 1.165) is 19.4 Å². The molecule has 0 spiro atoms. The van der Waals surface area contributed by atoms with Gasteiger partial charge in [-0.2, -0.15) is 17.4 Å². The van der Waals surface area contributed by atoms with Crippen LogP contribution >= 0.6 is 0 Å². The van der Waals surface area contributed by atoms with Crippen molar-refractivity contribution < 1.29 is 8.42 Å². The molecule has 88 valence electrons. The highest BCUT2D eigenvalue weighted by atomic mass is 32.2. The molecule has 2 atom stereocenters. The third kappa shape index (κ3) is 2.69. The van der Waals surface area contributed by atoms with Crippen LogP contribution in [0, 0.1) is 0 Å². The van der Waals surface area contributed by atoms with E-state index in [0.29, 0.717) is 6.54 Å². The number of piperazine rings is 1. The Balaban J connectivity index is 2.05. The number of nitrogens with zero attached hydrogens (tertiary/aromatic N) is 1. The fourth-order valence-corrected chi connectivity index (χ4v) is 3.56. The Hall–Kier alpha value is -0.170. The first-order valence-electron chi connectivity index (χ1n) is 5.51. The molecule has 1 heterocycles. The van der Waals surface area contributed by atoms with E-state index in [-0.39, 0.29) is 18.1 Å². The zero-order valence-corrected chi connectivity index (χ0v) is 10.0. The maximum absolute atomic E-state index is 12.0. The Morgan fingerprint density at radius 2 is 2.00 bits per heavy atom. The maximum atomic E-state index is 12.0. The molecule has 0 amide bonds. The van der Waals surface area contributed by atoms with E-state index in [9.17, 15) is 8.42 Å². The van der Waals surface area contributed by atoms with Gasteiger partial charge in [-0.25, -0.2) is 0 Å². The highest BCUT2D eigenvalue weighted by molar-refractivity contribution is 7.87. The van der Waals surface area contributed by atoms with Crippen molar-refractivity contribution in [2.75, 3.05) is 13.1 Å². The zero-order chi connectivity index (χ0) is 11.1. The molecule has 2 aliphatic rings. The summed E-state index contributed by atoms with van der Waals surface area (Å²) in [6.07, 6.45) is 1.96. The molecule has 1 saturated heterocycles. The summed E-state index contributed by atoms with van der Waals surface area (Å²) >= 11 is 0. The lowest BCUT2D eigenvalue weighted by atomic mass is 10.2. The summed E-state index contributed by atoms with van der Waals surface area (Å²) in [5, 5.41) is 3.27. The summed E-state index contributed by atoms with van der Waals surface area (Å²) < 4.78 is 28.3. The van der Waals surface area contributed by atoms with Gasteiger partial charge in [-0.3, -0.25) is 0 Å². The van der Waals surface area contributed by atoms with Crippen molar-refractivity contribution in [2.24, 2.45) is 0 Å². The minimum Gasteiger partial charge on any atom is -0.311 e. The summed E-state index contributed by atoms with van der Waals surface area (Å²) in [6.45, 7) is 5.23. The van der Waals surface area contributed by atoms with Gasteiger partial charge < -0.3 is 5.32 Å². The molecule has 5 nitrogen and oxygen atoms in total. The molecular weight excluding hydrogens is 214 g/mol. The molecule has 0 bridgehead atoms. The van der Waals surface area contributed by atoms with Crippen molar-refractivity contribution in [3.63, 3.8) is 0 Å². The molecular formula is C9H19N3O2S. The largest absolute Gasteiger partial charge is 0.311 e. The Bertz CT molecular complexity index is 326. The summed E-state index contributed by atoms with van der Waals surface area (Å²) in [4.78, 5) is 0. The third-order valence-corrected chi connectivity index (χ3v) is 4.67.